The van der Waals surface area contributed by atoms with E-state index >= 15 is 8.78 Å². The fourth-order valence-corrected chi connectivity index (χ4v) is 11.9. The van der Waals surface area contributed by atoms with Crippen LogP contribution in [0.5, 0.6) is 0 Å². The number of alkyl halides is 2. The Morgan fingerprint density at radius 1 is 0.892 bits per heavy atom. The van der Waals surface area contributed by atoms with E-state index < -0.39 is 118 Å². The minimum atomic E-state index is -2.35. The predicted octanol–water partition coefficient (Wildman–Crippen LogP) is 3.74. The third kappa shape index (κ3) is 7.66. The summed E-state index contributed by atoms with van der Waals surface area (Å²) in [5, 5.41) is 29.9. The maximum absolute atomic E-state index is 17.7. The number of imide groups is 1. The maximum atomic E-state index is 17.7. The summed E-state index contributed by atoms with van der Waals surface area (Å²) in [6.07, 6.45) is 0.0464. The predicted molar refractivity (Wildman–Crippen MR) is 229 cm³/mol. The summed E-state index contributed by atoms with van der Waals surface area (Å²) < 4.78 is 46.7. The molecule has 0 unspecified atom stereocenters. The summed E-state index contributed by atoms with van der Waals surface area (Å²) in [4.78, 5) is 90.0. The van der Waals surface area contributed by atoms with Crippen LogP contribution in [0.15, 0.2) is 94.3 Å². The van der Waals surface area contributed by atoms with Crippen LogP contribution in [-0.4, -0.2) is 111 Å². The quantitative estimate of drug-likeness (QED) is 0.182. The zero-order chi connectivity index (χ0) is 46.8. The molecule has 2 aromatic rings. The Bertz CT molecular complexity index is 2410. The summed E-state index contributed by atoms with van der Waals surface area (Å²) in [6, 6.07) is 12.3. The van der Waals surface area contributed by atoms with Crippen molar-refractivity contribution in [3.05, 3.63) is 90.0 Å². The van der Waals surface area contributed by atoms with E-state index in [1.807, 2.05) is 12.1 Å². The van der Waals surface area contributed by atoms with Gasteiger partial charge in [0.05, 0.1) is 12.2 Å². The van der Waals surface area contributed by atoms with Gasteiger partial charge in [-0.15, -0.1) is 0 Å². The van der Waals surface area contributed by atoms with Crippen LogP contribution in [0.25, 0.3) is 0 Å². The number of nitrogens with zero attached hydrogens (tertiary/aromatic N) is 1. The molecule has 2 heterocycles. The van der Waals surface area contributed by atoms with E-state index in [1.165, 1.54) is 44.7 Å². The van der Waals surface area contributed by atoms with E-state index in [0.29, 0.717) is 11.3 Å². The second-order valence-corrected chi connectivity index (χ2v) is 19.2. The normalized spacial score (nSPS) is 34.2. The van der Waals surface area contributed by atoms with Crippen molar-refractivity contribution in [2.45, 2.75) is 111 Å². The highest BCUT2D eigenvalue weighted by atomic mass is 32.2. The lowest BCUT2D eigenvalue weighted by molar-refractivity contribution is -0.235. The van der Waals surface area contributed by atoms with Crippen LogP contribution >= 0.6 is 11.8 Å². The van der Waals surface area contributed by atoms with Gasteiger partial charge in [-0.2, -0.15) is 0 Å². The minimum absolute atomic E-state index is 0.000954. The monoisotopic (exact) mass is 916 g/mol. The third-order valence-electron chi connectivity index (χ3n) is 14.4. The molecular weight excluding hydrogens is 867 g/mol. The first-order chi connectivity index (χ1) is 30.7. The number of ketones is 2. The molecule has 65 heavy (non-hydrogen) atoms. The molecule has 5 amide bonds. The van der Waals surface area contributed by atoms with Gasteiger partial charge in [0.25, 0.3) is 11.8 Å². The van der Waals surface area contributed by atoms with Crippen LogP contribution in [0.1, 0.15) is 65.2 Å². The summed E-state index contributed by atoms with van der Waals surface area (Å²) >= 11 is 1.42. The number of hydrogen-bond donors (Lipinski definition) is 5. The molecule has 344 valence electrons. The van der Waals surface area contributed by atoms with Crippen LogP contribution in [-0.2, 0) is 43.0 Å². The van der Waals surface area contributed by atoms with Gasteiger partial charge in [0.2, 0.25) is 17.7 Å². The molecule has 8 rings (SSSR count). The Kier molecular flexibility index (Phi) is 12.1. The molecule has 2 aliphatic heterocycles. The summed E-state index contributed by atoms with van der Waals surface area (Å²) in [7, 11) is 0. The molecule has 0 radical (unpaired) electrons. The molecule has 2 aromatic carbocycles. The first-order valence-electron chi connectivity index (χ1n) is 21.5. The van der Waals surface area contributed by atoms with E-state index in [4.69, 9.17) is 9.47 Å². The number of fused-ring (bicyclic) bond motifs is 7. The summed E-state index contributed by atoms with van der Waals surface area (Å²) in [5.74, 6) is -5.52. The number of aliphatic hydroxyl groups is 2. The molecule has 0 aromatic heterocycles. The number of carbonyl (C=O) groups excluding carboxylic acids is 7. The van der Waals surface area contributed by atoms with Gasteiger partial charge in [-0.25, -0.2) is 8.78 Å². The number of hydrogen-bond acceptors (Lipinski definition) is 12. The molecule has 3 saturated carbocycles. The second-order valence-electron chi connectivity index (χ2n) is 18.1. The van der Waals surface area contributed by atoms with Crippen molar-refractivity contribution in [3.8, 4) is 0 Å². The van der Waals surface area contributed by atoms with Crippen LogP contribution in [0.4, 0.5) is 14.5 Å². The Balaban J connectivity index is 0.866. The lowest BCUT2D eigenvalue weighted by atomic mass is 9.44. The molecule has 12 atom stereocenters. The first kappa shape index (κ1) is 46.1. The van der Waals surface area contributed by atoms with Gasteiger partial charge in [-0.1, -0.05) is 36.9 Å². The molecule has 4 fully saturated rings. The molecular formula is C47H50F2N4O11S. The number of allylic oxidation sites excluding steroid dienone is 4. The number of Topliss-reactive ketones (excluding diaryl/α,β-unsaturated/α-hetero) is 1. The number of rotatable bonds is 13. The van der Waals surface area contributed by atoms with Gasteiger partial charge < -0.3 is 35.6 Å². The Morgan fingerprint density at radius 2 is 1.52 bits per heavy atom. The number of benzene rings is 2. The van der Waals surface area contributed by atoms with E-state index in [2.05, 4.69) is 16.0 Å². The average molecular weight is 917 g/mol. The number of carbonyl (C=O) groups is 7. The Morgan fingerprint density at radius 3 is 2.17 bits per heavy atom. The van der Waals surface area contributed by atoms with Crippen LogP contribution in [0, 0.1) is 22.7 Å². The van der Waals surface area contributed by atoms with Crippen molar-refractivity contribution < 1.29 is 62.0 Å². The Labute approximate surface area is 377 Å². The second kappa shape index (κ2) is 17.1. The fourth-order valence-electron chi connectivity index (χ4n) is 11.0. The molecule has 6 aliphatic rings. The largest absolute Gasteiger partial charge is 0.390 e. The zero-order valence-corrected chi connectivity index (χ0v) is 36.9. The number of amides is 5. The van der Waals surface area contributed by atoms with Crippen molar-refractivity contribution in [1.29, 1.82) is 0 Å². The molecule has 1 saturated heterocycles. The highest BCUT2D eigenvalue weighted by Crippen LogP contribution is 2.72. The zero-order valence-electron chi connectivity index (χ0n) is 36.0. The Hall–Kier alpha value is -5.40. The molecule has 5 N–H and O–H groups in total. The minimum Gasteiger partial charge on any atom is -0.390 e. The molecule has 0 bridgehead atoms. The molecule has 18 heteroatoms. The number of ether oxygens (including phenoxy) is 2. The highest BCUT2D eigenvalue weighted by Gasteiger charge is 2.80. The molecule has 0 spiro atoms. The van der Waals surface area contributed by atoms with Crippen molar-refractivity contribution in [3.63, 3.8) is 0 Å². The maximum Gasteiger partial charge on any atom is 0.253 e. The van der Waals surface area contributed by atoms with Gasteiger partial charge in [0.1, 0.15) is 24.9 Å². The van der Waals surface area contributed by atoms with Gasteiger partial charge >= 0.3 is 0 Å². The smallest absolute Gasteiger partial charge is 0.253 e. The average Bonchev–Trinajstić information content (AvgIpc) is 3.90. The van der Waals surface area contributed by atoms with Crippen molar-refractivity contribution in [1.82, 2.24) is 15.5 Å². The summed E-state index contributed by atoms with van der Waals surface area (Å²) in [5.41, 5.74) is -5.91. The van der Waals surface area contributed by atoms with E-state index in [0.717, 1.165) is 32.9 Å². The van der Waals surface area contributed by atoms with Crippen molar-refractivity contribution in [2.75, 3.05) is 18.5 Å². The topological polar surface area (TPSA) is 218 Å². The van der Waals surface area contributed by atoms with E-state index in [9.17, 15) is 43.8 Å². The first-order valence-corrected chi connectivity index (χ1v) is 22.3. The lowest BCUT2D eigenvalue weighted by Gasteiger charge is -2.63. The van der Waals surface area contributed by atoms with Gasteiger partial charge in [-0.3, -0.25) is 38.5 Å². The number of nitrogens with one attached hydrogen (secondary N) is 3. The van der Waals surface area contributed by atoms with Crippen molar-refractivity contribution >= 4 is 58.6 Å². The van der Waals surface area contributed by atoms with Crippen molar-refractivity contribution in [2.24, 2.45) is 22.7 Å². The number of anilines is 1. The third-order valence-corrected chi connectivity index (χ3v) is 15.4. The van der Waals surface area contributed by atoms with Gasteiger partial charge in [0.15, 0.2) is 29.1 Å². The highest BCUT2D eigenvalue weighted by molar-refractivity contribution is 7.99. The summed E-state index contributed by atoms with van der Waals surface area (Å²) in [6.45, 7) is 5.15. The van der Waals surface area contributed by atoms with Crippen LogP contribution in [0.2, 0.25) is 0 Å². The molecule has 15 nitrogen and oxygen atoms in total. The standard InChI is InChI=1S/C47H50F2N4O11S/c1-24(50-38(58)16-18-53-39(59)13-14-40(53)60)41(61)51-25(2)42(62)52-27-7-11-30(12-8-27)65-29-9-5-26(6-10-29)43-63-37-21-31-32-20-34(48)33-19-28(55)15-17-44(33,3)46(32,49)35(56)22-45(31,4)47(37,64-43)36(57)23-54/h5-15,17,19,24-25,31-32,34-35,37,43,54,56H,16,18,20-23H2,1-4H3,(H,50,58)(H,51,61)(H,52,62)/t24-,25-,31-,32-,34-,35-,37+,43+,44-,45-,46-,47+/m0/s1. The lowest BCUT2D eigenvalue weighted by Crippen LogP contribution is -2.70. The van der Waals surface area contributed by atoms with Gasteiger partial charge in [0, 0.05) is 62.9 Å². The van der Waals surface area contributed by atoms with E-state index in [1.54, 1.807) is 43.3 Å². The van der Waals surface area contributed by atoms with E-state index in [-0.39, 0.29) is 37.8 Å². The number of halogens is 2. The number of aliphatic hydroxyl groups excluding tert-OH is 2. The van der Waals surface area contributed by atoms with Crippen LogP contribution in [0.3, 0.4) is 0 Å². The SMILES string of the molecule is C[C@H](NC(=O)CCN1C(=O)C=CC1=O)C(=O)N[C@@H](C)C(=O)Nc1ccc(Sc2ccc([C@@H]3O[C@@H]4C[C@H]5[C@@H]6C[C@H](F)C7=CC(=O)C=C[C@]7(C)[C@@]6(F)[C@@H](O)C[C@]5(C)[C@]4(C(=O)CO)O3)cc2)cc1. The fraction of sp³-hybridized carbons (Fsp3) is 0.468. The van der Waals surface area contributed by atoms with Crippen LogP contribution < -0.4 is 16.0 Å². The molecule has 4 aliphatic carbocycles. The van der Waals surface area contributed by atoms with Gasteiger partial charge in [-0.05, 0) is 100 Å².